The average Bonchev–Trinajstić information content (AvgIpc) is 2.36. The number of rotatable bonds is 4. The van der Waals surface area contributed by atoms with E-state index >= 15 is 0 Å². The van der Waals surface area contributed by atoms with Crippen molar-refractivity contribution in [1.82, 2.24) is 0 Å². The van der Waals surface area contributed by atoms with Crippen molar-refractivity contribution in [2.75, 3.05) is 26.2 Å². The first kappa shape index (κ1) is 13.2. The lowest BCUT2D eigenvalue weighted by Crippen LogP contribution is -2.27. The van der Waals surface area contributed by atoms with E-state index in [0.717, 1.165) is 11.3 Å². The Morgan fingerprint density at radius 3 is 2.24 bits per heavy atom. The van der Waals surface area contributed by atoms with Crippen LogP contribution in [0.5, 0.6) is 11.5 Å². The molecule has 92 valence electrons. The Morgan fingerprint density at radius 2 is 1.76 bits per heavy atom. The number of benzene rings is 1. The van der Waals surface area contributed by atoms with Crippen LogP contribution in [0.1, 0.15) is 12.5 Å². The summed E-state index contributed by atoms with van der Waals surface area (Å²) in [5.74, 6) is 1.37. The van der Waals surface area contributed by atoms with Crippen LogP contribution in [-0.2, 0) is 0 Å². The number of methoxy groups -OCH3 is 2. The quantitative estimate of drug-likeness (QED) is 0.802. The molecule has 0 radical (unpaired) electrons. The second-order valence-corrected chi connectivity index (χ2v) is 3.91. The molecule has 0 aliphatic heterocycles. The normalized spacial score (nSPS) is 11.5. The molecule has 0 amide bonds. The van der Waals surface area contributed by atoms with E-state index in [1.54, 1.807) is 14.2 Å². The number of nitriles is 1. The molecule has 0 fully saturated rings. The molecule has 0 saturated heterocycles. The van der Waals surface area contributed by atoms with Gasteiger partial charge < -0.3 is 14.4 Å². The number of hydrogen-bond donors (Lipinski definition) is 0. The minimum absolute atomic E-state index is 0.188. The summed E-state index contributed by atoms with van der Waals surface area (Å²) in [5, 5.41) is 8.94. The first-order valence-corrected chi connectivity index (χ1v) is 5.40. The Labute approximate surface area is 102 Å². The molecule has 0 heterocycles. The fourth-order valence-corrected chi connectivity index (χ4v) is 1.65. The van der Waals surface area contributed by atoms with Crippen molar-refractivity contribution < 1.29 is 9.47 Å². The minimum Gasteiger partial charge on any atom is -0.493 e. The van der Waals surface area contributed by atoms with Gasteiger partial charge in [-0.1, -0.05) is 0 Å². The molecule has 17 heavy (non-hydrogen) atoms. The summed E-state index contributed by atoms with van der Waals surface area (Å²) in [4.78, 5) is 1.91. The third-order valence-corrected chi connectivity index (χ3v) is 2.85. The Morgan fingerprint density at radius 1 is 1.24 bits per heavy atom. The first-order valence-electron chi connectivity index (χ1n) is 5.40. The Bertz CT molecular complexity index is 438. The predicted octanol–water partition coefficient (Wildman–Crippen LogP) is 2.36. The van der Waals surface area contributed by atoms with Gasteiger partial charge in [0.25, 0.3) is 0 Å². The Kier molecular flexibility index (Phi) is 4.22. The van der Waals surface area contributed by atoms with Gasteiger partial charge in [-0.25, -0.2) is 0 Å². The number of ether oxygens (including phenoxy) is 2. The summed E-state index contributed by atoms with van der Waals surface area (Å²) in [6.45, 7) is 3.84. The molecule has 0 spiro atoms. The van der Waals surface area contributed by atoms with Gasteiger partial charge in [0.2, 0.25) is 0 Å². The van der Waals surface area contributed by atoms with Crippen LogP contribution in [0.4, 0.5) is 5.69 Å². The smallest absolute Gasteiger partial charge is 0.162 e. The van der Waals surface area contributed by atoms with E-state index in [0.29, 0.717) is 11.5 Å². The second kappa shape index (κ2) is 5.44. The minimum atomic E-state index is -0.188. The van der Waals surface area contributed by atoms with Crippen LogP contribution in [0, 0.1) is 18.3 Å². The summed E-state index contributed by atoms with van der Waals surface area (Å²) in [6, 6.07) is 5.82. The maximum atomic E-state index is 8.94. The average molecular weight is 234 g/mol. The summed E-state index contributed by atoms with van der Waals surface area (Å²) in [7, 11) is 5.10. The second-order valence-electron chi connectivity index (χ2n) is 3.91. The van der Waals surface area contributed by atoms with E-state index in [-0.39, 0.29) is 6.04 Å². The van der Waals surface area contributed by atoms with Crippen LogP contribution in [0.15, 0.2) is 12.1 Å². The van der Waals surface area contributed by atoms with Gasteiger partial charge >= 0.3 is 0 Å². The van der Waals surface area contributed by atoms with Gasteiger partial charge in [-0.05, 0) is 25.5 Å². The monoisotopic (exact) mass is 234 g/mol. The zero-order valence-electron chi connectivity index (χ0n) is 10.9. The molecule has 0 aliphatic rings. The van der Waals surface area contributed by atoms with Gasteiger partial charge in [0.05, 0.1) is 20.3 Å². The number of hydrogen-bond acceptors (Lipinski definition) is 4. The van der Waals surface area contributed by atoms with Crippen LogP contribution in [0.25, 0.3) is 0 Å². The molecule has 1 aromatic rings. The third-order valence-electron chi connectivity index (χ3n) is 2.85. The molecule has 1 unspecified atom stereocenters. The van der Waals surface area contributed by atoms with E-state index in [2.05, 4.69) is 6.07 Å². The highest BCUT2D eigenvalue weighted by molar-refractivity contribution is 5.62. The van der Waals surface area contributed by atoms with Gasteiger partial charge in [0.1, 0.15) is 6.04 Å². The first-order chi connectivity index (χ1) is 8.04. The van der Waals surface area contributed by atoms with Crippen molar-refractivity contribution in [2.24, 2.45) is 0 Å². The van der Waals surface area contributed by atoms with Gasteiger partial charge in [-0.2, -0.15) is 5.26 Å². The van der Waals surface area contributed by atoms with E-state index < -0.39 is 0 Å². The zero-order chi connectivity index (χ0) is 13.0. The van der Waals surface area contributed by atoms with Gasteiger partial charge in [-0.3, -0.25) is 0 Å². The van der Waals surface area contributed by atoms with Crippen LogP contribution >= 0.6 is 0 Å². The van der Waals surface area contributed by atoms with Crippen LogP contribution in [-0.4, -0.2) is 27.3 Å². The topological polar surface area (TPSA) is 45.5 Å². The number of anilines is 1. The van der Waals surface area contributed by atoms with Crippen molar-refractivity contribution in [1.29, 1.82) is 5.26 Å². The maximum absolute atomic E-state index is 8.94. The fourth-order valence-electron chi connectivity index (χ4n) is 1.65. The Balaban J connectivity index is 3.22. The highest BCUT2D eigenvalue weighted by Crippen LogP contribution is 2.34. The summed E-state index contributed by atoms with van der Waals surface area (Å²) < 4.78 is 10.5. The van der Waals surface area contributed by atoms with Gasteiger partial charge in [-0.15, -0.1) is 0 Å². The molecule has 0 aliphatic carbocycles. The molecular weight excluding hydrogens is 216 g/mol. The maximum Gasteiger partial charge on any atom is 0.162 e. The molecule has 0 aromatic heterocycles. The Hall–Kier alpha value is -1.89. The van der Waals surface area contributed by atoms with Crippen molar-refractivity contribution in [3.05, 3.63) is 17.7 Å². The zero-order valence-corrected chi connectivity index (χ0v) is 10.9. The number of nitrogens with zero attached hydrogens (tertiary/aromatic N) is 2. The SMILES string of the molecule is COc1cc(C)c(N(C)C(C)C#N)cc1OC. The van der Waals surface area contributed by atoms with Crippen molar-refractivity contribution in [3.63, 3.8) is 0 Å². The molecule has 0 bridgehead atoms. The summed E-state index contributed by atoms with van der Waals surface area (Å²) >= 11 is 0. The molecule has 1 aromatic carbocycles. The van der Waals surface area contributed by atoms with Crippen LogP contribution in [0.2, 0.25) is 0 Å². The van der Waals surface area contributed by atoms with Crippen LogP contribution in [0.3, 0.4) is 0 Å². The largest absolute Gasteiger partial charge is 0.493 e. The molecule has 4 nitrogen and oxygen atoms in total. The fraction of sp³-hybridized carbons (Fsp3) is 0.462. The molecule has 1 rings (SSSR count). The molecule has 0 N–H and O–H groups in total. The summed E-state index contributed by atoms with van der Waals surface area (Å²) in [6.07, 6.45) is 0. The van der Waals surface area contributed by atoms with E-state index in [9.17, 15) is 0 Å². The lowest BCUT2D eigenvalue weighted by atomic mass is 10.1. The van der Waals surface area contributed by atoms with Gasteiger partial charge in [0.15, 0.2) is 11.5 Å². The van der Waals surface area contributed by atoms with E-state index in [4.69, 9.17) is 14.7 Å². The lowest BCUT2D eigenvalue weighted by Gasteiger charge is -2.24. The van der Waals surface area contributed by atoms with Crippen molar-refractivity contribution in [3.8, 4) is 17.6 Å². The molecule has 4 heteroatoms. The highest BCUT2D eigenvalue weighted by Gasteiger charge is 2.15. The highest BCUT2D eigenvalue weighted by atomic mass is 16.5. The van der Waals surface area contributed by atoms with Gasteiger partial charge in [0, 0.05) is 18.8 Å². The van der Waals surface area contributed by atoms with E-state index in [1.807, 2.05) is 37.9 Å². The predicted molar refractivity (Wildman–Crippen MR) is 67.8 cm³/mol. The molecule has 1 atom stereocenters. The summed E-state index contributed by atoms with van der Waals surface area (Å²) in [5.41, 5.74) is 2.02. The number of aryl methyl sites for hydroxylation is 1. The standard InChI is InChI=1S/C13H18N2O2/c1-9-6-12(16-4)13(17-5)7-11(9)15(3)10(2)8-14/h6-7,10H,1-5H3. The lowest BCUT2D eigenvalue weighted by molar-refractivity contribution is 0.354. The third kappa shape index (κ3) is 2.62. The van der Waals surface area contributed by atoms with Crippen molar-refractivity contribution >= 4 is 5.69 Å². The van der Waals surface area contributed by atoms with Crippen molar-refractivity contribution in [2.45, 2.75) is 19.9 Å². The van der Waals surface area contributed by atoms with Crippen LogP contribution < -0.4 is 14.4 Å². The van der Waals surface area contributed by atoms with E-state index in [1.165, 1.54) is 0 Å². The molecule has 0 saturated carbocycles. The molecular formula is C13H18N2O2.